The van der Waals surface area contributed by atoms with E-state index >= 15 is 0 Å². The van der Waals surface area contributed by atoms with Gasteiger partial charge in [-0.05, 0) is 87.1 Å². The third-order valence-corrected chi connectivity index (χ3v) is 9.29. The zero-order valence-electron chi connectivity index (χ0n) is 26.3. The van der Waals surface area contributed by atoms with Crippen molar-refractivity contribution in [3.63, 3.8) is 0 Å². The van der Waals surface area contributed by atoms with Gasteiger partial charge in [-0.25, -0.2) is 0 Å². The van der Waals surface area contributed by atoms with Crippen LogP contribution in [0.1, 0.15) is 0 Å². The van der Waals surface area contributed by atoms with E-state index in [1.54, 1.807) is 0 Å². The lowest BCUT2D eigenvalue weighted by Crippen LogP contribution is -2.11. The topological polar surface area (TPSA) is 16.4 Å². The van der Waals surface area contributed by atoms with E-state index in [4.69, 9.17) is 4.42 Å². The number of rotatable bonds is 6. The summed E-state index contributed by atoms with van der Waals surface area (Å²) < 4.78 is 6.28. The average molecular weight is 614 g/mol. The minimum Gasteiger partial charge on any atom is -0.456 e. The molecule has 0 aliphatic rings. The van der Waals surface area contributed by atoms with Gasteiger partial charge in [0, 0.05) is 27.7 Å². The molecule has 9 aromatic rings. The number of para-hydroxylation sites is 3. The lowest BCUT2D eigenvalue weighted by atomic mass is 9.96. The first kappa shape index (κ1) is 27.9. The van der Waals surface area contributed by atoms with Crippen molar-refractivity contribution in [1.82, 2.24) is 0 Å². The Hall–Kier alpha value is -6.38. The molecular weight excluding hydrogens is 583 g/mol. The maximum atomic E-state index is 6.28. The highest BCUT2D eigenvalue weighted by Gasteiger charge is 2.18. The van der Waals surface area contributed by atoms with Gasteiger partial charge in [0.25, 0.3) is 0 Å². The maximum absolute atomic E-state index is 6.28. The molecule has 1 aromatic heterocycles. The lowest BCUT2D eigenvalue weighted by molar-refractivity contribution is 0.669. The van der Waals surface area contributed by atoms with Gasteiger partial charge in [0.2, 0.25) is 0 Å². The minimum absolute atomic E-state index is 0.894. The molecule has 8 aromatic carbocycles. The largest absolute Gasteiger partial charge is 0.456 e. The van der Waals surface area contributed by atoms with Gasteiger partial charge in [0.1, 0.15) is 11.2 Å². The Morgan fingerprint density at radius 1 is 0.333 bits per heavy atom. The zero-order valence-corrected chi connectivity index (χ0v) is 26.3. The van der Waals surface area contributed by atoms with Crippen LogP contribution in [-0.2, 0) is 0 Å². The van der Waals surface area contributed by atoms with Crippen LogP contribution < -0.4 is 4.90 Å². The number of furan rings is 1. The molecule has 0 amide bonds. The fraction of sp³-hybridized carbons (Fsp3) is 0. The molecule has 0 saturated heterocycles. The maximum Gasteiger partial charge on any atom is 0.136 e. The first-order chi connectivity index (χ1) is 23.8. The molecule has 0 saturated carbocycles. The molecule has 0 atom stereocenters. The highest BCUT2D eigenvalue weighted by Crippen LogP contribution is 2.42. The van der Waals surface area contributed by atoms with Gasteiger partial charge in [0.05, 0.1) is 5.69 Å². The molecule has 48 heavy (non-hydrogen) atoms. The molecule has 2 nitrogen and oxygen atoms in total. The summed E-state index contributed by atoms with van der Waals surface area (Å²) in [5.41, 5.74) is 12.2. The molecule has 1 heterocycles. The summed E-state index contributed by atoms with van der Waals surface area (Å²) >= 11 is 0. The number of benzene rings is 8. The summed E-state index contributed by atoms with van der Waals surface area (Å²) in [4.78, 5) is 2.34. The lowest BCUT2D eigenvalue weighted by Gasteiger charge is -2.28. The van der Waals surface area contributed by atoms with E-state index in [0.29, 0.717) is 0 Å². The fourth-order valence-corrected chi connectivity index (χ4v) is 6.93. The van der Waals surface area contributed by atoms with Gasteiger partial charge >= 0.3 is 0 Å². The third-order valence-electron chi connectivity index (χ3n) is 9.29. The van der Waals surface area contributed by atoms with E-state index in [1.807, 2.05) is 12.1 Å². The second kappa shape index (κ2) is 11.8. The van der Waals surface area contributed by atoms with E-state index in [2.05, 4.69) is 181 Å². The van der Waals surface area contributed by atoms with Crippen LogP contribution in [0, 0.1) is 0 Å². The Morgan fingerprint density at radius 3 is 1.73 bits per heavy atom. The summed E-state index contributed by atoms with van der Waals surface area (Å²) in [6.07, 6.45) is 0. The second-order valence-electron chi connectivity index (χ2n) is 12.1. The van der Waals surface area contributed by atoms with Crippen LogP contribution in [0.3, 0.4) is 0 Å². The molecule has 2 heteroatoms. The van der Waals surface area contributed by atoms with Crippen LogP contribution in [0.15, 0.2) is 192 Å². The smallest absolute Gasteiger partial charge is 0.136 e. The van der Waals surface area contributed by atoms with Crippen molar-refractivity contribution in [2.75, 3.05) is 4.90 Å². The van der Waals surface area contributed by atoms with Crippen molar-refractivity contribution in [3.05, 3.63) is 188 Å². The van der Waals surface area contributed by atoms with E-state index in [9.17, 15) is 0 Å². The van der Waals surface area contributed by atoms with Crippen molar-refractivity contribution < 1.29 is 4.42 Å². The van der Waals surface area contributed by atoms with Crippen molar-refractivity contribution in [1.29, 1.82) is 0 Å². The summed E-state index contributed by atoms with van der Waals surface area (Å²) in [6.45, 7) is 0. The monoisotopic (exact) mass is 613 g/mol. The molecule has 0 aliphatic heterocycles. The number of hydrogen-bond acceptors (Lipinski definition) is 2. The van der Waals surface area contributed by atoms with Crippen molar-refractivity contribution in [2.24, 2.45) is 0 Å². The molecule has 9 rings (SSSR count). The molecule has 0 N–H and O–H groups in total. The van der Waals surface area contributed by atoms with Crippen LogP contribution in [0.2, 0.25) is 0 Å². The summed E-state index contributed by atoms with van der Waals surface area (Å²) in [5.74, 6) is 0. The predicted octanol–water partition coefficient (Wildman–Crippen LogP) is 13.2. The van der Waals surface area contributed by atoms with Crippen LogP contribution >= 0.6 is 0 Å². The average Bonchev–Trinajstić information content (AvgIpc) is 3.54. The summed E-state index contributed by atoms with van der Waals surface area (Å²) in [7, 11) is 0. The van der Waals surface area contributed by atoms with Crippen molar-refractivity contribution >= 4 is 49.8 Å². The van der Waals surface area contributed by atoms with Gasteiger partial charge < -0.3 is 9.32 Å². The SMILES string of the molecule is c1ccc(N(c2ccc(-c3ccc(-c4cccc5ccccc45)cc3)cc2)c2ccccc2-c2ccc3c(c2)oc2ccccc23)cc1. The molecule has 0 fully saturated rings. The molecule has 0 radical (unpaired) electrons. The normalized spacial score (nSPS) is 11.3. The Labute approximate surface area is 279 Å². The summed E-state index contributed by atoms with van der Waals surface area (Å²) in [6, 6.07) is 66.9. The second-order valence-corrected chi connectivity index (χ2v) is 12.1. The Balaban J connectivity index is 1.09. The number of nitrogens with zero attached hydrogens (tertiary/aromatic N) is 1. The Bertz CT molecular complexity index is 2540. The molecule has 0 aliphatic carbocycles. The van der Waals surface area contributed by atoms with Gasteiger partial charge in [0.15, 0.2) is 0 Å². The highest BCUT2D eigenvalue weighted by atomic mass is 16.3. The number of anilines is 3. The fourth-order valence-electron chi connectivity index (χ4n) is 6.93. The first-order valence-electron chi connectivity index (χ1n) is 16.3. The molecule has 226 valence electrons. The van der Waals surface area contributed by atoms with E-state index in [-0.39, 0.29) is 0 Å². The van der Waals surface area contributed by atoms with Gasteiger partial charge in [-0.2, -0.15) is 0 Å². The quantitative estimate of drug-likeness (QED) is 0.185. The molecular formula is C46H31NO. The van der Waals surface area contributed by atoms with Crippen LogP contribution in [0.25, 0.3) is 66.1 Å². The molecule has 0 spiro atoms. The van der Waals surface area contributed by atoms with Gasteiger partial charge in [-0.3, -0.25) is 0 Å². The van der Waals surface area contributed by atoms with Gasteiger partial charge in [-0.1, -0.05) is 140 Å². The van der Waals surface area contributed by atoms with Gasteiger partial charge in [-0.15, -0.1) is 0 Å². The van der Waals surface area contributed by atoms with E-state index in [0.717, 1.165) is 50.1 Å². The molecule has 0 unspecified atom stereocenters. The number of hydrogen-bond donors (Lipinski definition) is 0. The minimum atomic E-state index is 0.894. The van der Waals surface area contributed by atoms with E-state index in [1.165, 1.54) is 33.0 Å². The Morgan fingerprint density at radius 2 is 0.896 bits per heavy atom. The van der Waals surface area contributed by atoms with Crippen molar-refractivity contribution in [2.45, 2.75) is 0 Å². The van der Waals surface area contributed by atoms with Crippen LogP contribution in [0.5, 0.6) is 0 Å². The standard InChI is InChI=1S/C46H31NO/c1-2-13-37(14-3-1)47(44-19-8-6-16-41(44)36-27-30-43-42-17-7-9-20-45(42)48-46(43)31-36)38-28-25-33(26-29-38)32-21-23-35(24-22-32)40-18-10-12-34-11-4-5-15-39(34)40/h1-31H. The van der Waals surface area contributed by atoms with Crippen LogP contribution in [-0.4, -0.2) is 0 Å². The van der Waals surface area contributed by atoms with Crippen molar-refractivity contribution in [3.8, 4) is 33.4 Å². The van der Waals surface area contributed by atoms with E-state index < -0.39 is 0 Å². The Kier molecular flexibility index (Phi) is 6.84. The third kappa shape index (κ3) is 4.92. The number of fused-ring (bicyclic) bond motifs is 4. The zero-order chi connectivity index (χ0) is 31.9. The summed E-state index contributed by atoms with van der Waals surface area (Å²) in [5, 5.41) is 4.80. The van der Waals surface area contributed by atoms with Crippen LogP contribution in [0.4, 0.5) is 17.1 Å². The highest BCUT2D eigenvalue weighted by molar-refractivity contribution is 6.06. The molecule has 0 bridgehead atoms. The first-order valence-corrected chi connectivity index (χ1v) is 16.3. The predicted molar refractivity (Wildman–Crippen MR) is 202 cm³/mol.